The summed E-state index contributed by atoms with van der Waals surface area (Å²) >= 11 is 0. The van der Waals surface area contributed by atoms with Crippen LogP contribution in [-0.2, 0) is 0 Å². The molecule has 1 aromatic carbocycles. The lowest BCUT2D eigenvalue weighted by molar-refractivity contribution is 0.0939. The second-order valence-electron chi connectivity index (χ2n) is 5.70. The fourth-order valence-corrected chi connectivity index (χ4v) is 2.72. The van der Waals surface area contributed by atoms with Gasteiger partial charge in [-0.3, -0.25) is 4.79 Å². The molecule has 8 heteroatoms. The van der Waals surface area contributed by atoms with Gasteiger partial charge in [-0.25, -0.2) is 0 Å². The van der Waals surface area contributed by atoms with Crippen LogP contribution in [0.3, 0.4) is 0 Å². The van der Waals surface area contributed by atoms with E-state index in [1.807, 2.05) is 26.8 Å². The number of tetrazole rings is 1. The number of aromatic nitrogens is 4. The summed E-state index contributed by atoms with van der Waals surface area (Å²) in [5, 5.41) is 14.1. The molecule has 2 heterocycles. The number of hydrogen-bond acceptors (Lipinski definition) is 6. The Bertz CT molecular complexity index is 886. The van der Waals surface area contributed by atoms with E-state index in [1.54, 1.807) is 25.3 Å². The van der Waals surface area contributed by atoms with Gasteiger partial charge in [0.2, 0.25) is 0 Å². The van der Waals surface area contributed by atoms with Crippen LogP contribution in [0.15, 0.2) is 35.0 Å². The Hall–Kier alpha value is -3.16. The van der Waals surface area contributed by atoms with Crippen molar-refractivity contribution in [1.82, 2.24) is 25.5 Å². The molecule has 2 aromatic heterocycles. The van der Waals surface area contributed by atoms with Crippen molar-refractivity contribution < 1.29 is 13.9 Å². The average Bonchev–Trinajstić information content (AvgIpc) is 3.23. The van der Waals surface area contributed by atoms with E-state index < -0.39 is 0 Å². The van der Waals surface area contributed by atoms with Gasteiger partial charge in [-0.15, -0.1) is 5.10 Å². The van der Waals surface area contributed by atoms with E-state index in [-0.39, 0.29) is 11.9 Å². The van der Waals surface area contributed by atoms with Crippen LogP contribution in [0.5, 0.6) is 5.75 Å². The first-order chi connectivity index (χ1) is 12.0. The third-order valence-corrected chi connectivity index (χ3v) is 3.93. The van der Waals surface area contributed by atoms with Crippen molar-refractivity contribution in [2.24, 2.45) is 0 Å². The highest BCUT2D eigenvalue weighted by molar-refractivity contribution is 5.95. The van der Waals surface area contributed by atoms with Crippen LogP contribution < -0.4 is 10.1 Å². The van der Waals surface area contributed by atoms with Gasteiger partial charge < -0.3 is 14.5 Å². The molecule has 0 fully saturated rings. The summed E-state index contributed by atoms with van der Waals surface area (Å²) in [4.78, 5) is 12.6. The van der Waals surface area contributed by atoms with Gasteiger partial charge >= 0.3 is 0 Å². The Morgan fingerprint density at radius 2 is 2.12 bits per heavy atom. The zero-order valence-corrected chi connectivity index (χ0v) is 14.5. The fourth-order valence-electron chi connectivity index (χ4n) is 2.72. The number of nitrogens with one attached hydrogen (secondary N) is 1. The highest BCUT2D eigenvalue weighted by atomic mass is 16.5. The van der Waals surface area contributed by atoms with Crippen molar-refractivity contribution in [1.29, 1.82) is 0 Å². The molecule has 130 valence electrons. The molecule has 0 spiro atoms. The van der Waals surface area contributed by atoms with E-state index in [0.717, 1.165) is 17.1 Å². The van der Waals surface area contributed by atoms with Crippen LogP contribution in [0, 0.1) is 13.8 Å². The molecule has 0 unspecified atom stereocenters. The summed E-state index contributed by atoms with van der Waals surface area (Å²) in [7, 11) is 1.55. The molecule has 1 N–H and O–H groups in total. The Morgan fingerprint density at radius 3 is 2.72 bits per heavy atom. The predicted molar refractivity (Wildman–Crippen MR) is 89.8 cm³/mol. The summed E-state index contributed by atoms with van der Waals surface area (Å²) in [6.07, 6.45) is 1.44. The third kappa shape index (κ3) is 3.37. The maximum atomic E-state index is 12.6. The van der Waals surface area contributed by atoms with Crippen LogP contribution in [0.2, 0.25) is 0 Å². The molecule has 0 aliphatic carbocycles. The van der Waals surface area contributed by atoms with Crippen LogP contribution in [0.1, 0.15) is 40.4 Å². The molecule has 0 aliphatic rings. The van der Waals surface area contributed by atoms with Gasteiger partial charge in [-0.1, -0.05) is 0 Å². The fraction of sp³-hybridized carbons (Fsp3) is 0.294. The number of furan rings is 1. The van der Waals surface area contributed by atoms with Gasteiger partial charge in [0.15, 0.2) is 0 Å². The number of hydrogen-bond donors (Lipinski definition) is 1. The molecule has 0 aliphatic heterocycles. The molecule has 3 rings (SSSR count). The van der Waals surface area contributed by atoms with Gasteiger partial charge in [0, 0.05) is 11.1 Å². The Morgan fingerprint density at radius 1 is 1.32 bits per heavy atom. The average molecular weight is 341 g/mol. The van der Waals surface area contributed by atoms with Crippen molar-refractivity contribution in [3.05, 3.63) is 53.2 Å². The number of ether oxygens (including phenoxy) is 1. The molecule has 8 nitrogen and oxygen atoms in total. The van der Waals surface area contributed by atoms with Crippen molar-refractivity contribution in [3.8, 4) is 11.4 Å². The van der Waals surface area contributed by atoms with Crippen LogP contribution in [0.25, 0.3) is 5.69 Å². The van der Waals surface area contributed by atoms with Crippen LogP contribution in [-0.4, -0.2) is 33.2 Å². The predicted octanol–water partition coefficient (Wildman–Crippen LogP) is 2.37. The molecule has 0 bridgehead atoms. The number of rotatable bonds is 5. The van der Waals surface area contributed by atoms with Crippen molar-refractivity contribution in [2.75, 3.05) is 7.11 Å². The summed E-state index contributed by atoms with van der Waals surface area (Å²) in [5.74, 6) is 1.98. The second-order valence-corrected chi connectivity index (χ2v) is 5.70. The number of methoxy groups -OCH3 is 1. The zero-order chi connectivity index (χ0) is 18.0. The largest absolute Gasteiger partial charge is 0.494 e. The molecule has 3 aromatic rings. The standard InChI is InChI=1S/C17H19N5O3/c1-10-7-14(12(3)25-10)11(2)19-17(23)13-5-6-16(24-4)15(8-13)22-9-18-20-21-22/h5-9,11H,1-4H3,(H,19,23)/t11-/m1/s1. The minimum atomic E-state index is -0.206. The Kier molecular flexibility index (Phi) is 4.51. The van der Waals surface area contributed by atoms with E-state index in [9.17, 15) is 4.79 Å². The number of carbonyl (C=O) groups excluding carboxylic acids is 1. The van der Waals surface area contributed by atoms with Crippen LogP contribution >= 0.6 is 0 Å². The summed E-state index contributed by atoms with van der Waals surface area (Å²) in [6.45, 7) is 5.68. The van der Waals surface area contributed by atoms with Gasteiger partial charge in [0.25, 0.3) is 5.91 Å². The van der Waals surface area contributed by atoms with Gasteiger partial charge in [0.1, 0.15) is 29.3 Å². The van der Waals surface area contributed by atoms with Gasteiger partial charge in [-0.2, -0.15) is 4.68 Å². The van der Waals surface area contributed by atoms with Crippen molar-refractivity contribution in [2.45, 2.75) is 26.8 Å². The Balaban J connectivity index is 1.85. The van der Waals surface area contributed by atoms with E-state index >= 15 is 0 Å². The first-order valence-electron chi connectivity index (χ1n) is 7.78. The molecular formula is C17H19N5O3. The molecule has 1 atom stereocenters. The maximum absolute atomic E-state index is 12.6. The molecular weight excluding hydrogens is 322 g/mol. The molecule has 0 radical (unpaired) electrons. The minimum Gasteiger partial charge on any atom is -0.494 e. The first-order valence-corrected chi connectivity index (χ1v) is 7.78. The number of benzene rings is 1. The molecule has 0 saturated carbocycles. The van der Waals surface area contributed by atoms with E-state index in [4.69, 9.17) is 9.15 Å². The lowest BCUT2D eigenvalue weighted by Crippen LogP contribution is -2.27. The monoisotopic (exact) mass is 341 g/mol. The smallest absolute Gasteiger partial charge is 0.251 e. The summed E-state index contributed by atoms with van der Waals surface area (Å²) < 4.78 is 12.3. The highest BCUT2D eigenvalue weighted by Gasteiger charge is 2.18. The van der Waals surface area contributed by atoms with Gasteiger partial charge in [0.05, 0.1) is 13.2 Å². The SMILES string of the molecule is COc1ccc(C(=O)N[C@H](C)c2cc(C)oc2C)cc1-n1cnnn1. The van der Waals surface area contributed by atoms with Crippen LogP contribution in [0.4, 0.5) is 0 Å². The lowest BCUT2D eigenvalue weighted by Gasteiger charge is -2.14. The highest BCUT2D eigenvalue weighted by Crippen LogP contribution is 2.25. The summed E-state index contributed by atoms with van der Waals surface area (Å²) in [6, 6.07) is 6.85. The lowest BCUT2D eigenvalue weighted by atomic mass is 10.1. The van der Waals surface area contributed by atoms with Crippen molar-refractivity contribution >= 4 is 5.91 Å². The topological polar surface area (TPSA) is 95.1 Å². The number of nitrogens with zero attached hydrogens (tertiary/aromatic N) is 4. The zero-order valence-electron chi connectivity index (χ0n) is 14.5. The second kappa shape index (κ2) is 6.76. The first kappa shape index (κ1) is 16.7. The quantitative estimate of drug-likeness (QED) is 0.765. The van der Waals surface area contributed by atoms with E-state index in [2.05, 4.69) is 20.8 Å². The normalized spacial score (nSPS) is 12.0. The minimum absolute atomic E-state index is 0.177. The number of amides is 1. The van der Waals surface area contributed by atoms with Crippen molar-refractivity contribution in [3.63, 3.8) is 0 Å². The summed E-state index contributed by atoms with van der Waals surface area (Å²) in [5.41, 5.74) is 2.03. The van der Waals surface area contributed by atoms with E-state index in [1.165, 1.54) is 11.0 Å². The molecule has 25 heavy (non-hydrogen) atoms. The van der Waals surface area contributed by atoms with Gasteiger partial charge in [-0.05, 0) is 55.5 Å². The molecule has 1 amide bonds. The Labute approximate surface area is 144 Å². The van der Waals surface area contributed by atoms with E-state index in [0.29, 0.717) is 17.0 Å². The number of aryl methyl sites for hydroxylation is 2. The number of carbonyl (C=O) groups is 1. The molecule has 0 saturated heterocycles. The maximum Gasteiger partial charge on any atom is 0.251 e. The third-order valence-electron chi connectivity index (χ3n) is 3.93.